The molecule has 1 aromatic heterocycles. The van der Waals surface area contributed by atoms with Crippen molar-refractivity contribution in [2.45, 2.75) is 38.0 Å². The summed E-state index contributed by atoms with van der Waals surface area (Å²) in [5.74, 6) is -0.0428. The van der Waals surface area contributed by atoms with Crippen LogP contribution in [0.3, 0.4) is 0 Å². The minimum Gasteiger partial charge on any atom is -0.507 e. The Morgan fingerprint density at radius 2 is 1.64 bits per heavy atom. The van der Waals surface area contributed by atoms with Gasteiger partial charge in [0.25, 0.3) is 0 Å². The van der Waals surface area contributed by atoms with Gasteiger partial charge in [-0.2, -0.15) is 0 Å². The van der Waals surface area contributed by atoms with E-state index in [4.69, 9.17) is 4.42 Å². The first-order valence-electron chi connectivity index (χ1n) is 9.70. The van der Waals surface area contributed by atoms with Gasteiger partial charge in [-0.3, -0.25) is 0 Å². The van der Waals surface area contributed by atoms with E-state index in [0.29, 0.717) is 30.6 Å². The van der Waals surface area contributed by atoms with Crippen molar-refractivity contribution in [2.24, 2.45) is 0 Å². The third-order valence-electron chi connectivity index (χ3n) is 5.15. The lowest BCUT2D eigenvalue weighted by Crippen LogP contribution is -2.16. The summed E-state index contributed by atoms with van der Waals surface area (Å²) in [5, 5.41) is 20.2. The van der Waals surface area contributed by atoms with Crippen LogP contribution in [0.1, 0.15) is 54.1 Å². The van der Waals surface area contributed by atoms with Crippen molar-refractivity contribution in [3.05, 3.63) is 99.6 Å². The largest absolute Gasteiger partial charge is 0.507 e. The third kappa shape index (κ3) is 4.52. The molecule has 0 aliphatic rings. The quantitative estimate of drug-likeness (QED) is 0.601. The summed E-state index contributed by atoms with van der Waals surface area (Å²) in [5.41, 5.74) is 1.83. The van der Waals surface area contributed by atoms with Crippen molar-refractivity contribution in [3.63, 3.8) is 0 Å². The van der Waals surface area contributed by atoms with Gasteiger partial charge < -0.3 is 14.6 Å². The zero-order valence-electron chi connectivity index (χ0n) is 16.0. The van der Waals surface area contributed by atoms with Gasteiger partial charge in [-0.25, -0.2) is 4.79 Å². The van der Waals surface area contributed by atoms with Gasteiger partial charge in [0.15, 0.2) is 0 Å². The molecule has 0 radical (unpaired) electrons. The molecule has 3 aromatic rings. The summed E-state index contributed by atoms with van der Waals surface area (Å²) in [6.45, 7) is 1.96. The number of aliphatic hydroxyl groups excluding tert-OH is 1. The van der Waals surface area contributed by atoms with Crippen LogP contribution in [0.2, 0.25) is 0 Å². The minimum atomic E-state index is -0.512. The molecule has 0 saturated heterocycles. The Kier molecular flexibility index (Phi) is 6.66. The summed E-state index contributed by atoms with van der Waals surface area (Å²) in [6.07, 6.45) is 1.75. The van der Waals surface area contributed by atoms with Gasteiger partial charge in [0.1, 0.15) is 11.5 Å². The average Bonchev–Trinajstić information content (AvgIpc) is 2.71. The van der Waals surface area contributed by atoms with E-state index in [-0.39, 0.29) is 24.2 Å². The van der Waals surface area contributed by atoms with E-state index in [2.05, 4.69) is 0 Å². The van der Waals surface area contributed by atoms with Crippen molar-refractivity contribution in [2.75, 3.05) is 6.61 Å². The molecule has 2 atom stereocenters. The normalized spacial score (nSPS) is 13.2. The zero-order chi connectivity index (χ0) is 19.9. The highest BCUT2D eigenvalue weighted by Crippen LogP contribution is 2.34. The fourth-order valence-electron chi connectivity index (χ4n) is 3.72. The lowest BCUT2D eigenvalue weighted by molar-refractivity contribution is 0.263. The second-order valence-corrected chi connectivity index (χ2v) is 7.01. The van der Waals surface area contributed by atoms with Gasteiger partial charge in [0.05, 0.1) is 5.56 Å². The monoisotopic (exact) mass is 378 g/mol. The predicted octanol–water partition coefficient (Wildman–Crippen LogP) is 4.60. The number of rotatable bonds is 8. The molecule has 0 aliphatic carbocycles. The number of aromatic hydroxyl groups is 1. The maximum absolute atomic E-state index is 12.8. The fourth-order valence-corrected chi connectivity index (χ4v) is 3.72. The van der Waals surface area contributed by atoms with E-state index in [1.165, 1.54) is 0 Å². The molecule has 3 rings (SSSR count). The van der Waals surface area contributed by atoms with Crippen molar-refractivity contribution in [3.8, 4) is 5.75 Å². The molecule has 1 unspecified atom stereocenters. The van der Waals surface area contributed by atoms with Gasteiger partial charge in [0.2, 0.25) is 0 Å². The number of aliphatic hydroxyl groups is 1. The van der Waals surface area contributed by atoms with Gasteiger partial charge in [-0.05, 0) is 30.4 Å². The number of benzene rings is 2. The highest BCUT2D eigenvalue weighted by atomic mass is 16.4. The second-order valence-electron chi connectivity index (χ2n) is 7.01. The van der Waals surface area contributed by atoms with E-state index in [1.807, 2.05) is 67.6 Å². The maximum atomic E-state index is 12.8. The fraction of sp³-hybridized carbons (Fsp3) is 0.292. The average molecular weight is 378 g/mol. The first-order chi connectivity index (χ1) is 13.6. The molecular formula is C24H26O4. The molecule has 0 amide bonds. The molecule has 1 heterocycles. The summed E-state index contributed by atoms with van der Waals surface area (Å²) >= 11 is 0. The Bertz CT molecular complexity index is 932. The van der Waals surface area contributed by atoms with Crippen LogP contribution in [0.25, 0.3) is 0 Å². The van der Waals surface area contributed by atoms with Crippen molar-refractivity contribution in [1.82, 2.24) is 0 Å². The minimum absolute atomic E-state index is 0.0225. The first kappa shape index (κ1) is 19.9. The summed E-state index contributed by atoms with van der Waals surface area (Å²) in [4.78, 5) is 12.8. The van der Waals surface area contributed by atoms with E-state index in [1.54, 1.807) is 6.07 Å². The van der Waals surface area contributed by atoms with Crippen molar-refractivity contribution in [1.29, 1.82) is 0 Å². The SMILES string of the molecule is CCC(c1ccccc1)c1c(O)cc([C@H](CCO)Cc2ccccc2)oc1=O. The molecule has 0 bridgehead atoms. The van der Waals surface area contributed by atoms with Gasteiger partial charge >= 0.3 is 5.63 Å². The van der Waals surface area contributed by atoms with E-state index in [0.717, 1.165) is 11.1 Å². The van der Waals surface area contributed by atoms with Crippen LogP contribution in [0.4, 0.5) is 0 Å². The molecule has 0 saturated carbocycles. The summed E-state index contributed by atoms with van der Waals surface area (Å²) in [7, 11) is 0. The Hall–Kier alpha value is -2.85. The van der Waals surface area contributed by atoms with Crippen LogP contribution in [0.5, 0.6) is 5.75 Å². The molecule has 4 nitrogen and oxygen atoms in total. The van der Waals surface area contributed by atoms with E-state index >= 15 is 0 Å². The van der Waals surface area contributed by atoms with Crippen LogP contribution in [-0.2, 0) is 6.42 Å². The van der Waals surface area contributed by atoms with Crippen LogP contribution in [0, 0.1) is 0 Å². The topological polar surface area (TPSA) is 70.7 Å². The first-order valence-corrected chi connectivity index (χ1v) is 9.70. The molecule has 4 heteroatoms. The Morgan fingerprint density at radius 3 is 2.21 bits per heavy atom. The second kappa shape index (κ2) is 9.38. The maximum Gasteiger partial charge on any atom is 0.343 e. The van der Waals surface area contributed by atoms with Gasteiger partial charge in [-0.15, -0.1) is 0 Å². The number of hydrogen-bond acceptors (Lipinski definition) is 4. The van der Waals surface area contributed by atoms with Gasteiger partial charge in [0, 0.05) is 24.5 Å². The molecule has 28 heavy (non-hydrogen) atoms. The number of hydrogen-bond donors (Lipinski definition) is 2. The zero-order valence-corrected chi connectivity index (χ0v) is 16.0. The highest BCUT2D eigenvalue weighted by molar-refractivity contribution is 5.40. The highest BCUT2D eigenvalue weighted by Gasteiger charge is 2.24. The van der Waals surface area contributed by atoms with Crippen molar-refractivity contribution < 1.29 is 14.6 Å². The molecule has 2 aromatic carbocycles. The molecule has 0 aliphatic heterocycles. The van der Waals surface area contributed by atoms with E-state index in [9.17, 15) is 15.0 Å². The molecule has 146 valence electrons. The third-order valence-corrected chi connectivity index (χ3v) is 5.15. The van der Waals surface area contributed by atoms with Gasteiger partial charge in [-0.1, -0.05) is 67.6 Å². The lowest BCUT2D eigenvalue weighted by Gasteiger charge is -2.19. The Balaban J connectivity index is 1.96. The summed E-state index contributed by atoms with van der Waals surface area (Å²) < 4.78 is 5.65. The van der Waals surface area contributed by atoms with Crippen LogP contribution >= 0.6 is 0 Å². The molecular weight excluding hydrogens is 352 g/mol. The molecule has 0 spiro atoms. The van der Waals surface area contributed by atoms with Crippen LogP contribution < -0.4 is 5.63 Å². The molecule has 2 N–H and O–H groups in total. The smallest absolute Gasteiger partial charge is 0.343 e. The standard InChI is InChI=1S/C24H26O4/c1-2-20(18-11-7-4-8-12-18)23-21(26)16-22(28-24(23)27)19(13-14-25)15-17-9-5-3-6-10-17/h3-12,16,19-20,25-26H,2,13-15H2,1H3/t19-,20?/m1/s1. The van der Waals surface area contributed by atoms with Crippen LogP contribution in [-0.4, -0.2) is 16.8 Å². The van der Waals surface area contributed by atoms with Crippen molar-refractivity contribution >= 4 is 0 Å². The van der Waals surface area contributed by atoms with Crippen LogP contribution in [0.15, 0.2) is 75.9 Å². The van der Waals surface area contributed by atoms with E-state index < -0.39 is 5.63 Å². The Morgan fingerprint density at radius 1 is 1.00 bits per heavy atom. The Labute approximate surface area is 165 Å². The predicted molar refractivity (Wildman–Crippen MR) is 110 cm³/mol. The lowest BCUT2D eigenvalue weighted by atomic mass is 9.88. The summed E-state index contributed by atoms with van der Waals surface area (Å²) in [6, 6.07) is 21.1. The molecule has 0 fully saturated rings.